The highest BCUT2D eigenvalue weighted by molar-refractivity contribution is 5.73. The number of benzene rings is 1. The second-order valence-electron chi connectivity index (χ2n) is 4.45. The zero-order valence-corrected chi connectivity index (χ0v) is 10.1. The molecule has 0 radical (unpaired) electrons. The summed E-state index contributed by atoms with van der Waals surface area (Å²) >= 11 is 0. The summed E-state index contributed by atoms with van der Waals surface area (Å²) in [7, 11) is 0. The van der Waals surface area contributed by atoms with Crippen LogP contribution in [0.5, 0.6) is 0 Å². The van der Waals surface area contributed by atoms with Gasteiger partial charge in [0.1, 0.15) is 11.9 Å². The van der Waals surface area contributed by atoms with E-state index in [1.807, 2.05) is 17.1 Å². The molecular weight excluding hydrogens is 233 g/mol. The quantitative estimate of drug-likeness (QED) is 0.890. The van der Waals surface area contributed by atoms with Crippen molar-refractivity contribution in [2.24, 2.45) is 0 Å². The second kappa shape index (κ2) is 5.78. The van der Waals surface area contributed by atoms with E-state index in [2.05, 4.69) is 0 Å². The first kappa shape index (κ1) is 12.8. The number of hydrogen-bond donors (Lipinski definition) is 1. The first-order valence-corrected chi connectivity index (χ1v) is 6.06. The number of rotatable bonds is 4. The van der Waals surface area contributed by atoms with Crippen molar-refractivity contribution in [3.8, 4) is 0 Å². The lowest BCUT2D eigenvalue weighted by molar-refractivity contribution is -0.141. The summed E-state index contributed by atoms with van der Waals surface area (Å²) in [5, 5.41) is 9.02. The van der Waals surface area contributed by atoms with Crippen LogP contribution < -0.4 is 0 Å². The van der Waals surface area contributed by atoms with Crippen LogP contribution in [0.1, 0.15) is 18.4 Å². The van der Waals surface area contributed by atoms with Crippen LogP contribution in [-0.4, -0.2) is 35.1 Å². The Morgan fingerprint density at radius 1 is 1.44 bits per heavy atom. The summed E-state index contributed by atoms with van der Waals surface area (Å²) in [5.74, 6) is -1.000. The maximum Gasteiger partial charge on any atom is 0.320 e. The summed E-state index contributed by atoms with van der Waals surface area (Å²) in [5.41, 5.74) is 0.919. The maximum absolute atomic E-state index is 12.7. The van der Waals surface area contributed by atoms with Crippen molar-refractivity contribution in [2.45, 2.75) is 18.9 Å². The molecule has 0 saturated carbocycles. The maximum atomic E-state index is 12.7. The normalized spacial score (nSPS) is 20.6. The van der Waals surface area contributed by atoms with Crippen molar-refractivity contribution in [2.75, 3.05) is 13.1 Å². The second-order valence-corrected chi connectivity index (χ2v) is 4.45. The van der Waals surface area contributed by atoms with E-state index in [0.29, 0.717) is 6.54 Å². The number of hydrogen-bond acceptors (Lipinski definition) is 2. The molecule has 0 unspecified atom stereocenters. The van der Waals surface area contributed by atoms with E-state index >= 15 is 0 Å². The van der Waals surface area contributed by atoms with Crippen LogP contribution in [0.3, 0.4) is 0 Å². The molecule has 0 aliphatic carbocycles. The Morgan fingerprint density at radius 2 is 2.17 bits per heavy atom. The molecule has 1 fully saturated rings. The van der Waals surface area contributed by atoms with E-state index in [1.54, 1.807) is 12.1 Å². The van der Waals surface area contributed by atoms with E-state index in [0.717, 1.165) is 24.9 Å². The largest absolute Gasteiger partial charge is 0.480 e. The average Bonchev–Trinajstić information content (AvgIpc) is 2.80. The number of carboxylic acids is 1. The molecule has 1 aliphatic heterocycles. The number of carbonyl (C=O) groups is 1. The van der Waals surface area contributed by atoms with Gasteiger partial charge in [-0.15, -0.1) is 0 Å². The number of nitrogens with zero attached hydrogens (tertiary/aromatic N) is 1. The van der Waals surface area contributed by atoms with Crippen LogP contribution in [-0.2, 0) is 4.79 Å². The molecule has 1 N–H and O–H groups in total. The van der Waals surface area contributed by atoms with Gasteiger partial charge >= 0.3 is 5.97 Å². The van der Waals surface area contributed by atoms with E-state index in [-0.39, 0.29) is 11.9 Å². The van der Waals surface area contributed by atoms with Crippen LogP contribution in [0.2, 0.25) is 0 Å². The molecule has 0 amide bonds. The first-order chi connectivity index (χ1) is 8.66. The highest BCUT2D eigenvalue weighted by Crippen LogP contribution is 2.17. The van der Waals surface area contributed by atoms with E-state index in [4.69, 9.17) is 5.11 Å². The van der Waals surface area contributed by atoms with Crippen molar-refractivity contribution in [1.82, 2.24) is 4.90 Å². The van der Waals surface area contributed by atoms with Gasteiger partial charge in [-0.25, -0.2) is 4.39 Å². The van der Waals surface area contributed by atoms with Crippen molar-refractivity contribution in [3.63, 3.8) is 0 Å². The fourth-order valence-electron chi connectivity index (χ4n) is 2.22. The minimum absolute atomic E-state index is 0.252. The lowest BCUT2D eigenvalue weighted by atomic mass is 10.2. The molecule has 0 aromatic heterocycles. The monoisotopic (exact) mass is 249 g/mol. The predicted octanol–water partition coefficient (Wildman–Crippen LogP) is 2.39. The Bertz CT molecular complexity index is 442. The summed E-state index contributed by atoms with van der Waals surface area (Å²) in [6.45, 7) is 1.44. The lowest BCUT2D eigenvalue weighted by Crippen LogP contribution is -2.35. The first-order valence-electron chi connectivity index (χ1n) is 6.06. The molecule has 1 aromatic rings. The van der Waals surface area contributed by atoms with Crippen molar-refractivity contribution >= 4 is 12.0 Å². The molecule has 0 spiro atoms. The number of aliphatic carboxylic acids is 1. The smallest absolute Gasteiger partial charge is 0.320 e. The van der Waals surface area contributed by atoms with Crippen molar-refractivity contribution in [3.05, 3.63) is 41.7 Å². The molecule has 2 rings (SSSR count). The topological polar surface area (TPSA) is 40.5 Å². The fraction of sp³-hybridized carbons (Fsp3) is 0.357. The SMILES string of the molecule is O=C(O)[C@H]1CCCN1C/C=C/c1ccc(F)cc1. The minimum atomic E-state index is -0.748. The Morgan fingerprint density at radius 3 is 2.83 bits per heavy atom. The van der Waals surface area contributed by atoms with Gasteiger partial charge in [-0.3, -0.25) is 9.69 Å². The zero-order chi connectivity index (χ0) is 13.0. The summed E-state index contributed by atoms with van der Waals surface area (Å²) in [6.07, 6.45) is 5.46. The van der Waals surface area contributed by atoms with E-state index in [9.17, 15) is 9.18 Å². The van der Waals surface area contributed by atoms with Gasteiger partial charge in [-0.2, -0.15) is 0 Å². The number of carboxylic acid groups (broad SMARTS) is 1. The molecule has 4 heteroatoms. The third kappa shape index (κ3) is 3.17. The van der Waals surface area contributed by atoms with Crippen molar-refractivity contribution < 1.29 is 14.3 Å². The number of halogens is 1. The summed E-state index contributed by atoms with van der Waals surface area (Å²) in [4.78, 5) is 12.9. The molecule has 1 heterocycles. The highest BCUT2D eigenvalue weighted by Gasteiger charge is 2.29. The average molecular weight is 249 g/mol. The van der Waals surface area contributed by atoms with Crippen LogP contribution in [0.15, 0.2) is 30.3 Å². The van der Waals surface area contributed by atoms with Gasteiger partial charge in [-0.05, 0) is 37.1 Å². The molecule has 1 atom stereocenters. The molecule has 1 aliphatic rings. The Labute approximate surface area is 106 Å². The molecule has 18 heavy (non-hydrogen) atoms. The van der Waals surface area contributed by atoms with Gasteiger partial charge in [-0.1, -0.05) is 24.3 Å². The van der Waals surface area contributed by atoms with Gasteiger partial charge < -0.3 is 5.11 Å². The van der Waals surface area contributed by atoms with Crippen LogP contribution in [0.25, 0.3) is 6.08 Å². The molecular formula is C14H16FNO2. The van der Waals surface area contributed by atoms with Gasteiger partial charge in [0.2, 0.25) is 0 Å². The molecule has 1 aromatic carbocycles. The summed E-state index contributed by atoms with van der Waals surface area (Å²) in [6, 6.07) is 5.86. The minimum Gasteiger partial charge on any atom is -0.480 e. The van der Waals surface area contributed by atoms with Crippen LogP contribution >= 0.6 is 0 Å². The third-order valence-corrected chi connectivity index (χ3v) is 3.17. The third-order valence-electron chi connectivity index (χ3n) is 3.17. The van der Waals surface area contributed by atoms with E-state index in [1.165, 1.54) is 12.1 Å². The molecule has 0 bridgehead atoms. The van der Waals surface area contributed by atoms with Crippen LogP contribution in [0, 0.1) is 5.82 Å². The Kier molecular flexibility index (Phi) is 4.10. The number of likely N-dealkylation sites (tertiary alicyclic amines) is 1. The van der Waals surface area contributed by atoms with Crippen LogP contribution in [0.4, 0.5) is 4.39 Å². The van der Waals surface area contributed by atoms with Gasteiger partial charge in [0, 0.05) is 6.54 Å². The molecule has 96 valence electrons. The standard InChI is InChI=1S/C14H16FNO2/c15-12-7-5-11(6-8-12)3-1-9-16-10-2-4-13(16)14(17)18/h1,3,5-8,13H,2,4,9-10H2,(H,17,18)/b3-1+/t13-/m1/s1. The molecule has 1 saturated heterocycles. The Balaban J connectivity index is 1.91. The van der Waals surface area contributed by atoms with Crippen molar-refractivity contribution in [1.29, 1.82) is 0 Å². The van der Waals surface area contributed by atoms with Gasteiger partial charge in [0.15, 0.2) is 0 Å². The van der Waals surface area contributed by atoms with E-state index < -0.39 is 5.97 Å². The summed E-state index contributed by atoms with van der Waals surface area (Å²) < 4.78 is 12.7. The van der Waals surface area contributed by atoms with Gasteiger partial charge in [0.25, 0.3) is 0 Å². The lowest BCUT2D eigenvalue weighted by Gasteiger charge is -2.18. The van der Waals surface area contributed by atoms with Gasteiger partial charge in [0.05, 0.1) is 0 Å². The highest BCUT2D eigenvalue weighted by atomic mass is 19.1. The Hall–Kier alpha value is -1.68. The zero-order valence-electron chi connectivity index (χ0n) is 10.1. The fourth-order valence-corrected chi connectivity index (χ4v) is 2.22. The molecule has 3 nitrogen and oxygen atoms in total. The predicted molar refractivity (Wildman–Crippen MR) is 67.7 cm³/mol.